The van der Waals surface area contributed by atoms with E-state index < -0.39 is 39.8 Å². The average molecular weight is 550 g/mol. The van der Waals surface area contributed by atoms with Crippen molar-refractivity contribution in [3.05, 3.63) is 58.8 Å². The first-order chi connectivity index (χ1) is 16.9. The summed E-state index contributed by atoms with van der Waals surface area (Å²) in [4.78, 5) is 12.5. The molecule has 1 aliphatic heterocycles. The van der Waals surface area contributed by atoms with Crippen molar-refractivity contribution in [1.82, 2.24) is 24.2 Å². The molecule has 192 valence electrons. The minimum Gasteiger partial charge on any atom is -0.467 e. The molecule has 0 unspecified atom stereocenters. The molecule has 0 saturated carbocycles. The minimum absolute atomic E-state index is 0.0299. The maximum atomic E-state index is 14.8. The van der Waals surface area contributed by atoms with Gasteiger partial charge in [0, 0.05) is 12.7 Å². The van der Waals surface area contributed by atoms with Crippen LogP contribution in [0.5, 0.6) is 0 Å². The van der Waals surface area contributed by atoms with Gasteiger partial charge in [-0.25, -0.2) is 8.70 Å². The number of ether oxygens (including phenoxy) is 1. The van der Waals surface area contributed by atoms with Crippen LogP contribution in [-0.4, -0.2) is 65.0 Å². The van der Waals surface area contributed by atoms with Gasteiger partial charge in [0.2, 0.25) is 5.82 Å². The number of sulfonamides is 1. The zero-order valence-corrected chi connectivity index (χ0v) is 19.8. The van der Waals surface area contributed by atoms with Gasteiger partial charge >= 0.3 is 21.6 Å². The Bertz CT molecular complexity index is 1460. The van der Waals surface area contributed by atoms with Crippen molar-refractivity contribution < 1.29 is 35.5 Å². The lowest BCUT2D eigenvalue weighted by Gasteiger charge is -2.32. The number of alkyl halides is 3. The molecular weight excluding hydrogens is 534 g/mol. The van der Waals surface area contributed by atoms with E-state index in [0.29, 0.717) is 16.2 Å². The molecule has 2 aromatic heterocycles. The fraction of sp³-hybridized carbons (Fsp3) is 0.263. The summed E-state index contributed by atoms with van der Waals surface area (Å²) in [7, 11) is -4.79. The van der Waals surface area contributed by atoms with Gasteiger partial charge in [0.15, 0.2) is 5.65 Å². The third-order valence-corrected chi connectivity index (χ3v) is 6.74. The summed E-state index contributed by atoms with van der Waals surface area (Å²) in [5, 5.41) is 15.3. The van der Waals surface area contributed by atoms with E-state index in [4.69, 9.17) is 16.3 Å². The highest BCUT2D eigenvalue weighted by molar-refractivity contribution is 7.90. The standard InChI is InChI=1S/C19H16ClF4N7O4S/c1-35-18-28-30(6-7-31(18)36(33,34)19(22,23)24)14-4-2-11(8-13(14)21)9-25-17(32)16-27-26-15-5-3-12(20)10-29(15)16/h2-5,8,10H,6-7,9H2,1H3,(H,25,32). The van der Waals surface area contributed by atoms with Gasteiger partial charge in [-0.1, -0.05) is 17.7 Å². The molecule has 4 rings (SSSR count). The van der Waals surface area contributed by atoms with Crippen molar-refractivity contribution in [2.75, 3.05) is 25.2 Å². The number of anilines is 1. The summed E-state index contributed by atoms with van der Waals surface area (Å²) in [6, 6.07) is 6.14. The van der Waals surface area contributed by atoms with Crippen LogP contribution in [0.2, 0.25) is 5.02 Å². The Morgan fingerprint density at radius 2 is 1.94 bits per heavy atom. The van der Waals surface area contributed by atoms with Gasteiger partial charge in [0.05, 0.1) is 30.9 Å². The molecule has 0 fully saturated rings. The maximum absolute atomic E-state index is 14.8. The number of carbonyl (C=O) groups is 1. The Labute approximate surface area is 205 Å². The minimum atomic E-state index is -5.74. The van der Waals surface area contributed by atoms with E-state index in [1.54, 1.807) is 12.1 Å². The largest absolute Gasteiger partial charge is 0.516 e. The van der Waals surface area contributed by atoms with Crippen LogP contribution in [0.15, 0.2) is 41.6 Å². The van der Waals surface area contributed by atoms with Gasteiger partial charge in [-0.3, -0.25) is 14.2 Å². The average Bonchev–Trinajstić information content (AvgIpc) is 3.24. The molecule has 1 N–H and O–H groups in total. The Morgan fingerprint density at radius 3 is 2.61 bits per heavy atom. The Hall–Kier alpha value is -3.66. The number of hydrazone groups is 1. The number of halogens is 5. The molecule has 11 nitrogen and oxygen atoms in total. The zero-order chi connectivity index (χ0) is 26.3. The number of amidine groups is 1. The lowest BCUT2D eigenvalue weighted by atomic mass is 10.2. The quantitative estimate of drug-likeness (QED) is 0.485. The summed E-state index contributed by atoms with van der Waals surface area (Å²) in [5.41, 5.74) is -4.94. The van der Waals surface area contributed by atoms with Gasteiger partial charge in [-0.05, 0) is 29.8 Å². The van der Waals surface area contributed by atoms with Crippen molar-refractivity contribution in [2.24, 2.45) is 5.10 Å². The van der Waals surface area contributed by atoms with Crippen molar-refractivity contribution in [1.29, 1.82) is 0 Å². The summed E-state index contributed by atoms with van der Waals surface area (Å²) < 4.78 is 83.1. The first-order valence-electron chi connectivity index (χ1n) is 9.98. The summed E-state index contributed by atoms with van der Waals surface area (Å²) in [6.07, 6.45) is 1.47. The number of benzene rings is 1. The van der Waals surface area contributed by atoms with Crippen LogP contribution in [0.1, 0.15) is 16.2 Å². The number of hydrogen-bond acceptors (Lipinski definition) is 8. The second-order valence-electron chi connectivity index (χ2n) is 7.30. The highest BCUT2D eigenvalue weighted by atomic mass is 35.5. The van der Waals surface area contributed by atoms with Crippen molar-refractivity contribution in [3.63, 3.8) is 0 Å². The van der Waals surface area contributed by atoms with Gasteiger partial charge in [0.25, 0.3) is 5.91 Å². The van der Waals surface area contributed by atoms with E-state index in [-0.39, 0.29) is 28.9 Å². The molecule has 0 radical (unpaired) electrons. The Morgan fingerprint density at radius 1 is 1.19 bits per heavy atom. The highest BCUT2D eigenvalue weighted by Gasteiger charge is 2.52. The van der Waals surface area contributed by atoms with E-state index in [0.717, 1.165) is 18.2 Å². The lowest BCUT2D eigenvalue weighted by molar-refractivity contribution is -0.0477. The lowest BCUT2D eigenvalue weighted by Crippen LogP contribution is -2.51. The number of aromatic nitrogens is 3. The van der Waals surface area contributed by atoms with Crippen molar-refractivity contribution in [2.45, 2.75) is 12.1 Å². The SMILES string of the molecule is COC1=NN(c2ccc(CNC(=O)c3nnc4ccc(Cl)cn34)cc2F)CCN1S(=O)(=O)C(F)(F)F. The number of carbonyl (C=O) groups excluding carboxylic acids is 1. The molecule has 3 aromatic rings. The van der Waals surface area contributed by atoms with E-state index in [1.165, 1.54) is 22.7 Å². The third kappa shape index (κ3) is 4.73. The third-order valence-electron chi connectivity index (χ3n) is 5.01. The summed E-state index contributed by atoms with van der Waals surface area (Å²) in [5.74, 6) is -1.43. The molecule has 0 bridgehead atoms. The second kappa shape index (κ2) is 9.42. The summed E-state index contributed by atoms with van der Waals surface area (Å²) in [6.45, 7) is -1.14. The van der Waals surface area contributed by atoms with Crippen LogP contribution in [0.25, 0.3) is 5.65 Å². The fourth-order valence-corrected chi connectivity index (χ4v) is 4.35. The topological polar surface area (TPSA) is 121 Å². The summed E-state index contributed by atoms with van der Waals surface area (Å²) >= 11 is 5.94. The molecule has 3 heterocycles. The molecule has 0 saturated heterocycles. The number of amides is 1. The number of nitrogens with one attached hydrogen (secondary N) is 1. The molecule has 36 heavy (non-hydrogen) atoms. The Kier molecular flexibility index (Phi) is 6.66. The first kappa shape index (κ1) is 25.4. The predicted octanol–water partition coefficient (Wildman–Crippen LogP) is 2.34. The number of methoxy groups -OCH3 is 1. The van der Waals surface area contributed by atoms with E-state index in [2.05, 4.69) is 20.6 Å². The molecule has 17 heteroatoms. The molecule has 1 aliphatic rings. The number of rotatable bonds is 5. The molecule has 1 amide bonds. The number of nitrogens with zero attached hydrogens (tertiary/aromatic N) is 6. The maximum Gasteiger partial charge on any atom is 0.516 e. The van der Waals surface area contributed by atoms with Crippen LogP contribution in [0.4, 0.5) is 23.2 Å². The molecule has 0 spiro atoms. The molecule has 0 aliphatic carbocycles. The fourth-order valence-electron chi connectivity index (χ4n) is 3.30. The van der Waals surface area contributed by atoms with Crippen LogP contribution in [0.3, 0.4) is 0 Å². The van der Waals surface area contributed by atoms with Crippen molar-refractivity contribution >= 4 is 44.9 Å². The monoisotopic (exact) mass is 549 g/mol. The van der Waals surface area contributed by atoms with Gasteiger partial charge in [-0.15, -0.1) is 15.3 Å². The number of fused-ring (bicyclic) bond motifs is 1. The molecule has 1 aromatic carbocycles. The molecular formula is C19H16ClF4N7O4S. The van der Waals surface area contributed by atoms with Gasteiger partial charge in [0.1, 0.15) is 5.82 Å². The molecule has 0 atom stereocenters. The first-order valence-corrected chi connectivity index (χ1v) is 11.8. The van der Waals surface area contributed by atoms with Crippen LogP contribution >= 0.6 is 11.6 Å². The zero-order valence-electron chi connectivity index (χ0n) is 18.2. The predicted molar refractivity (Wildman–Crippen MR) is 119 cm³/mol. The second-order valence-corrected chi connectivity index (χ2v) is 9.59. The number of pyridine rings is 1. The number of hydrogen-bond donors (Lipinski definition) is 1. The van der Waals surface area contributed by atoms with Crippen molar-refractivity contribution in [3.8, 4) is 0 Å². The highest BCUT2D eigenvalue weighted by Crippen LogP contribution is 2.30. The van der Waals surface area contributed by atoms with Crippen LogP contribution in [-0.2, 0) is 21.3 Å². The van der Waals surface area contributed by atoms with Crippen LogP contribution < -0.4 is 10.3 Å². The smallest absolute Gasteiger partial charge is 0.467 e. The van der Waals surface area contributed by atoms with E-state index in [9.17, 15) is 30.8 Å². The van der Waals surface area contributed by atoms with E-state index >= 15 is 0 Å². The normalized spacial score (nSPS) is 14.7. The van der Waals surface area contributed by atoms with Gasteiger partial charge < -0.3 is 10.1 Å². The van der Waals surface area contributed by atoms with Gasteiger partial charge in [-0.2, -0.15) is 21.6 Å². The van der Waals surface area contributed by atoms with E-state index in [1.807, 2.05) is 0 Å². The van der Waals surface area contributed by atoms with Crippen LogP contribution in [0, 0.1) is 5.82 Å². The Balaban J connectivity index is 1.49.